The summed E-state index contributed by atoms with van der Waals surface area (Å²) in [6.07, 6.45) is 3.09. The van der Waals surface area contributed by atoms with Crippen molar-refractivity contribution in [3.8, 4) is 6.07 Å². The number of halogens is 1. The van der Waals surface area contributed by atoms with Crippen LogP contribution in [0.25, 0.3) is 0 Å². The Labute approximate surface area is 143 Å². The molecule has 3 rings (SSSR count). The lowest BCUT2D eigenvalue weighted by atomic mass is 10.1. The maximum Gasteiger partial charge on any atom is 0.182 e. The van der Waals surface area contributed by atoms with Crippen LogP contribution in [0, 0.1) is 11.3 Å². The largest absolute Gasteiger partial charge is 0.378 e. The topological polar surface area (TPSA) is 74.1 Å². The van der Waals surface area contributed by atoms with Crippen LogP contribution in [0.1, 0.15) is 11.3 Å². The Balaban J connectivity index is 1.81. The third-order valence-corrected chi connectivity index (χ3v) is 4.14. The van der Waals surface area contributed by atoms with E-state index in [2.05, 4.69) is 48.2 Å². The van der Waals surface area contributed by atoms with Gasteiger partial charge in [0.15, 0.2) is 11.5 Å². The second-order valence-electron chi connectivity index (χ2n) is 5.09. The Morgan fingerprint density at radius 3 is 2.83 bits per heavy atom. The van der Waals surface area contributed by atoms with Crippen molar-refractivity contribution in [3.05, 3.63) is 46.3 Å². The van der Waals surface area contributed by atoms with Crippen LogP contribution in [-0.2, 0) is 11.3 Å². The van der Waals surface area contributed by atoms with Gasteiger partial charge < -0.3 is 15.0 Å². The highest BCUT2D eigenvalue weighted by molar-refractivity contribution is 9.10. The van der Waals surface area contributed by atoms with Crippen LogP contribution >= 0.6 is 15.9 Å². The van der Waals surface area contributed by atoms with Crippen molar-refractivity contribution < 1.29 is 4.74 Å². The van der Waals surface area contributed by atoms with Crippen LogP contribution in [0.5, 0.6) is 0 Å². The van der Waals surface area contributed by atoms with Crippen LogP contribution in [0.4, 0.5) is 11.5 Å². The Morgan fingerprint density at radius 2 is 2.04 bits per heavy atom. The molecule has 1 fully saturated rings. The predicted octanol–water partition coefficient (Wildman–Crippen LogP) is 2.56. The van der Waals surface area contributed by atoms with E-state index in [4.69, 9.17) is 10.00 Å². The zero-order chi connectivity index (χ0) is 16.1. The number of aromatic nitrogens is 2. The minimum atomic E-state index is 0.303. The zero-order valence-corrected chi connectivity index (χ0v) is 14.1. The second kappa shape index (κ2) is 7.40. The van der Waals surface area contributed by atoms with Crippen LogP contribution in [0.3, 0.4) is 0 Å². The van der Waals surface area contributed by atoms with Gasteiger partial charge >= 0.3 is 0 Å². The molecule has 1 saturated heterocycles. The molecule has 6 nitrogen and oxygen atoms in total. The van der Waals surface area contributed by atoms with Gasteiger partial charge in [-0.1, -0.05) is 22.0 Å². The van der Waals surface area contributed by atoms with Gasteiger partial charge in [-0.15, -0.1) is 0 Å². The molecule has 118 valence electrons. The standard InChI is InChI=1S/C16H16BrN5O/c17-13-2-1-12(15(9-13)22-5-7-23-8-6-22)11-21-16-14(10-18)19-3-4-20-16/h1-4,9H,5-8,11H2,(H,20,21). The van der Waals surface area contributed by atoms with E-state index in [9.17, 15) is 0 Å². The van der Waals surface area contributed by atoms with E-state index in [1.54, 1.807) is 6.20 Å². The third kappa shape index (κ3) is 3.78. The molecule has 1 aromatic heterocycles. The van der Waals surface area contributed by atoms with Crippen LogP contribution in [0.15, 0.2) is 35.1 Å². The number of ether oxygens (including phenoxy) is 1. The molecule has 0 atom stereocenters. The van der Waals surface area contributed by atoms with E-state index in [-0.39, 0.29) is 0 Å². The average Bonchev–Trinajstić information content (AvgIpc) is 2.61. The fourth-order valence-electron chi connectivity index (χ4n) is 2.51. The molecule has 1 aliphatic heterocycles. The molecule has 1 N–H and O–H groups in total. The fraction of sp³-hybridized carbons (Fsp3) is 0.312. The van der Waals surface area contributed by atoms with Gasteiger partial charge in [0.05, 0.1) is 13.2 Å². The van der Waals surface area contributed by atoms with Crippen LogP contribution < -0.4 is 10.2 Å². The van der Waals surface area contributed by atoms with Crippen molar-refractivity contribution in [3.63, 3.8) is 0 Å². The lowest BCUT2D eigenvalue weighted by Crippen LogP contribution is -2.36. The zero-order valence-electron chi connectivity index (χ0n) is 12.5. The maximum atomic E-state index is 9.09. The molecule has 0 aliphatic carbocycles. The summed E-state index contributed by atoms with van der Waals surface area (Å²) in [4.78, 5) is 10.5. The summed E-state index contributed by atoms with van der Waals surface area (Å²) in [5.74, 6) is 0.505. The molecule has 0 unspecified atom stereocenters. The van der Waals surface area contributed by atoms with E-state index >= 15 is 0 Å². The van der Waals surface area contributed by atoms with E-state index in [1.807, 2.05) is 12.1 Å². The van der Waals surface area contributed by atoms with Crippen molar-refractivity contribution in [2.45, 2.75) is 6.54 Å². The molecule has 1 aliphatic rings. The maximum absolute atomic E-state index is 9.09. The summed E-state index contributed by atoms with van der Waals surface area (Å²) >= 11 is 3.54. The molecular weight excluding hydrogens is 358 g/mol. The first-order valence-corrected chi connectivity index (χ1v) is 8.13. The molecule has 2 heterocycles. The van der Waals surface area contributed by atoms with E-state index in [0.29, 0.717) is 18.1 Å². The molecule has 0 saturated carbocycles. The lowest BCUT2D eigenvalue weighted by Gasteiger charge is -2.31. The summed E-state index contributed by atoms with van der Waals surface area (Å²) in [7, 11) is 0. The molecular formula is C16H16BrN5O. The van der Waals surface area contributed by atoms with Gasteiger partial charge in [0.25, 0.3) is 0 Å². The van der Waals surface area contributed by atoms with Gasteiger partial charge in [0.1, 0.15) is 6.07 Å². The SMILES string of the molecule is N#Cc1nccnc1NCc1ccc(Br)cc1N1CCOCC1. The van der Waals surface area contributed by atoms with E-state index in [0.717, 1.165) is 42.0 Å². The van der Waals surface area contributed by atoms with Gasteiger partial charge in [-0.2, -0.15) is 5.26 Å². The summed E-state index contributed by atoms with van der Waals surface area (Å²) in [5.41, 5.74) is 2.61. The van der Waals surface area contributed by atoms with E-state index < -0.39 is 0 Å². The molecule has 0 amide bonds. The highest BCUT2D eigenvalue weighted by Gasteiger charge is 2.15. The summed E-state index contributed by atoms with van der Waals surface area (Å²) in [6.45, 7) is 3.80. The number of rotatable bonds is 4. The first kappa shape index (κ1) is 15.7. The van der Waals surface area contributed by atoms with Crippen LogP contribution in [-0.4, -0.2) is 36.3 Å². The number of benzene rings is 1. The summed E-state index contributed by atoms with van der Waals surface area (Å²) in [5, 5.41) is 12.3. The number of morpholine rings is 1. The van der Waals surface area contributed by atoms with Crippen molar-refractivity contribution in [1.82, 2.24) is 9.97 Å². The minimum Gasteiger partial charge on any atom is -0.378 e. The molecule has 2 aromatic rings. The molecule has 7 heteroatoms. The van der Waals surface area contributed by atoms with Crippen molar-refractivity contribution in [2.75, 3.05) is 36.5 Å². The number of nitriles is 1. The van der Waals surface area contributed by atoms with E-state index in [1.165, 1.54) is 6.20 Å². The van der Waals surface area contributed by atoms with Crippen molar-refractivity contribution in [1.29, 1.82) is 5.26 Å². The van der Waals surface area contributed by atoms with Gasteiger partial charge in [-0.25, -0.2) is 9.97 Å². The normalized spacial score (nSPS) is 14.3. The minimum absolute atomic E-state index is 0.303. The average molecular weight is 374 g/mol. The first-order chi connectivity index (χ1) is 11.3. The Hall–Kier alpha value is -2.17. The molecule has 23 heavy (non-hydrogen) atoms. The van der Waals surface area contributed by atoms with Crippen molar-refractivity contribution >= 4 is 27.4 Å². The highest BCUT2D eigenvalue weighted by Crippen LogP contribution is 2.27. The van der Waals surface area contributed by atoms with Gasteiger partial charge in [-0.05, 0) is 17.7 Å². The number of hydrogen-bond donors (Lipinski definition) is 1. The molecule has 0 bridgehead atoms. The monoisotopic (exact) mass is 373 g/mol. The van der Waals surface area contributed by atoms with Gasteiger partial charge in [0.2, 0.25) is 0 Å². The Bertz CT molecular complexity index is 725. The Morgan fingerprint density at radius 1 is 1.26 bits per heavy atom. The van der Waals surface area contributed by atoms with Gasteiger partial charge in [-0.3, -0.25) is 0 Å². The van der Waals surface area contributed by atoms with Crippen molar-refractivity contribution in [2.24, 2.45) is 0 Å². The Kier molecular flexibility index (Phi) is 5.05. The number of nitrogens with one attached hydrogen (secondary N) is 1. The smallest absolute Gasteiger partial charge is 0.182 e. The second-order valence-corrected chi connectivity index (χ2v) is 6.01. The number of hydrogen-bond acceptors (Lipinski definition) is 6. The summed E-state index contributed by atoms with van der Waals surface area (Å²) in [6, 6.07) is 8.25. The predicted molar refractivity (Wildman–Crippen MR) is 91.2 cm³/mol. The number of nitrogens with zero attached hydrogens (tertiary/aromatic N) is 4. The molecule has 0 spiro atoms. The van der Waals surface area contributed by atoms with Crippen LogP contribution in [0.2, 0.25) is 0 Å². The van der Waals surface area contributed by atoms with Gasteiger partial charge in [0, 0.05) is 42.2 Å². The lowest BCUT2D eigenvalue weighted by molar-refractivity contribution is 0.122. The molecule has 1 aromatic carbocycles. The molecule has 0 radical (unpaired) electrons. The fourth-order valence-corrected chi connectivity index (χ4v) is 2.86. The first-order valence-electron chi connectivity index (χ1n) is 7.34. The quantitative estimate of drug-likeness (QED) is 0.887. The third-order valence-electron chi connectivity index (χ3n) is 3.65. The number of anilines is 2. The highest BCUT2D eigenvalue weighted by atomic mass is 79.9. The summed E-state index contributed by atoms with van der Waals surface area (Å²) < 4.78 is 6.47.